The molecule has 1 aromatic heterocycles. The van der Waals surface area contributed by atoms with E-state index in [4.69, 9.17) is 11.6 Å². The van der Waals surface area contributed by atoms with Gasteiger partial charge in [-0.25, -0.2) is 4.98 Å². The van der Waals surface area contributed by atoms with Crippen LogP contribution in [0, 0.1) is 0 Å². The molecule has 0 atom stereocenters. The standard InChI is InChI=1S/C14H18ClN3/c1-16-7-4-8-17-10-12-9-11-5-2-3-6-13(11)18-14(12)15/h2-3,5-6,9,16-17H,4,7-8,10H2,1H3. The number of fused-ring (bicyclic) bond motifs is 1. The summed E-state index contributed by atoms with van der Waals surface area (Å²) >= 11 is 6.18. The summed E-state index contributed by atoms with van der Waals surface area (Å²) in [6.45, 7) is 2.76. The quantitative estimate of drug-likeness (QED) is 0.621. The Morgan fingerprint density at radius 1 is 1.22 bits per heavy atom. The number of nitrogens with one attached hydrogen (secondary N) is 2. The Labute approximate surface area is 113 Å². The second-order valence-electron chi connectivity index (χ2n) is 4.26. The van der Waals surface area contributed by atoms with Gasteiger partial charge in [0.2, 0.25) is 0 Å². The first-order chi connectivity index (χ1) is 8.81. The van der Waals surface area contributed by atoms with E-state index in [1.54, 1.807) is 0 Å². The molecule has 96 valence electrons. The largest absolute Gasteiger partial charge is 0.320 e. The van der Waals surface area contributed by atoms with Crippen LogP contribution in [0.3, 0.4) is 0 Å². The zero-order valence-corrected chi connectivity index (χ0v) is 11.3. The van der Waals surface area contributed by atoms with Gasteiger partial charge in [-0.2, -0.15) is 0 Å². The van der Waals surface area contributed by atoms with Crippen LogP contribution in [-0.2, 0) is 6.54 Å². The maximum Gasteiger partial charge on any atom is 0.134 e. The summed E-state index contributed by atoms with van der Waals surface area (Å²) in [6, 6.07) is 10.1. The van der Waals surface area contributed by atoms with Gasteiger partial charge in [-0.3, -0.25) is 0 Å². The molecule has 0 amide bonds. The Bertz CT molecular complexity index is 513. The Balaban J connectivity index is 2.01. The highest BCUT2D eigenvalue weighted by Gasteiger charge is 2.03. The number of aromatic nitrogens is 1. The monoisotopic (exact) mass is 263 g/mol. The van der Waals surface area contributed by atoms with Crippen molar-refractivity contribution in [1.82, 2.24) is 15.6 Å². The van der Waals surface area contributed by atoms with Crippen LogP contribution in [0.15, 0.2) is 30.3 Å². The number of hydrogen-bond donors (Lipinski definition) is 2. The van der Waals surface area contributed by atoms with Crippen LogP contribution in [0.2, 0.25) is 5.15 Å². The van der Waals surface area contributed by atoms with E-state index in [-0.39, 0.29) is 0 Å². The average molecular weight is 264 g/mol. The Morgan fingerprint density at radius 3 is 2.89 bits per heavy atom. The predicted octanol–water partition coefficient (Wildman–Crippen LogP) is 2.59. The highest BCUT2D eigenvalue weighted by molar-refractivity contribution is 6.30. The summed E-state index contributed by atoms with van der Waals surface area (Å²) in [6.07, 6.45) is 1.11. The van der Waals surface area contributed by atoms with Crippen LogP contribution < -0.4 is 10.6 Å². The third-order valence-corrected chi connectivity index (χ3v) is 3.17. The van der Waals surface area contributed by atoms with E-state index < -0.39 is 0 Å². The molecule has 2 aromatic rings. The van der Waals surface area contributed by atoms with Crippen LogP contribution in [0.25, 0.3) is 10.9 Å². The maximum absolute atomic E-state index is 6.18. The lowest BCUT2D eigenvalue weighted by atomic mass is 10.1. The van der Waals surface area contributed by atoms with Gasteiger partial charge in [-0.15, -0.1) is 0 Å². The zero-order chi connectivity index (χ0) is 12.8. The lowest BCUT2D eigenvalue weighted by molar-refractivity contribution is 0.625. The molecule has 0 aliphatic heterocycles. The number of halogens is 1. The topological polar surface area (TPSA) is 37.0 Å². The first kappa shape index (κ1) is 13.3. The minimum absolute atomic E-state index is 0.592. The average Bonchev–Trinajstić information content (AvgIpc) is 2.39. The zero-order valence-electron chi connectivity index (χ0n) is 10.5. The number of nitrogens with zero attached hydrogens (tertiary/aromatic N) is 1. The van der Waals surface area contributed by atoms with Crippen molar-refractivity contribution in [2.24, 2.45) is 0 Å². The molecule has 0 unspecified atom stereocenters. The van der Waals surface area contributed by atoms with Crippen LogP contribution in [0.4, 0.5) is 0 Å². The van der Waals surface area contributed by atoms with Crippen molar-refractivity contribution in [1.29, 1.82) is 0 Å². The second kappa shape index (κ2) is 6.69. The third kappa shape index (κ3) is 3.42. The summed E-state index contributed by atoms with van der Waals surface area (Å²) in [5, 5.41) is 8.23. The fraction of sp³-hybridized carbons (Fsp3) is 0.357. The Kier molecular flexibility index (Phi) is 4.93. The molecule has 0 radical (unpaired) electrons. The fourth-order valence-corrected chi connectivity index (χ4v) is 2.09. The lowest BCUT2D eigenvalue weighted by Crippen LogP contribution is -2.19. The van der Waals surface area contributed by atoms with Gasteiger partial charge < -0.3 is 10.6 Å². The minimum Gasteiger partial charge on any atom is -0.320 e. The first-order valence-electron chi connectivity index (χ1n) is 6.21. The number of rotatable bonds is 6. The number of pyridine rings is 1. The molecule has 18 heavy (non-hydrogen) atoms. The summed E-state index contributed by atoms with van der Waals surface area (Å²) < 4.78 is 0. The van der Waals surface area contributed by atoms with Crippen molar-refractivity contribution in [3.05, 3.63) is 41.0 Å². The van der Waals surface area contributed by atoms with E-state index in [2.05, 4.69) is 27.8 Å². The summed E-state index contributed by atoms with van der Waals surface area (Å²) in [5.74, 6) is 0. The second-order valence-corrected chi connectivity index (χ2v) is 4.62. The van der Waals surface area contributed by atoms with Crippen LogP contribution >= 0.6 is 11.6 Å². The van der Waals surface area contributed by atoms with Crippen LogP contribution in [0.5, 0.6) is 0 Å². The van der Waals surface area contributed by atoms with E-state index in [9.17, 15) is 0 Å². The van der Waals surface area contributed by atoms with Crippen molar-refractivity contribution < 1.29 is 0 Å². The molecule has 0 aliphatic rings. The van der Waals surface area contributed by atoms with E-state index in [1.165, 1.54) is 0 Å². The molecular weight excluding hydrogens is 246 g/mol. The van der Waals surface area contributed by atoms with Gasteiger partial charge in [0.25, 0.3) is 0 Å². The molecule has 0 spiro atoms. The van der Waals surface area contributed by atoms with Gasteiger partial charge in [-0.05, 0) is 38.7 Å². The van der Waals surface area contributed by atoms with Gasteiger partial charge >= 0.3 is 0 Å². The molecule has 0 saturated carbocycles. The highest BCUT2D eigenvalue weighted by Crippen LogP contribution is 2.20. The van der Waals surface area contributed by atoms with E-state index >= 15 is 0 Å². The smallest absolute Gasteiger partial charge is 0.134 e. The number of hydrogen-bond acceptors (Lipinski definition) is 3. The third-order valence-electron chi connectivity index (χ3n) is 2.85. The van der Waals surface area contributed by atoms with Crippen LogP contribution in [0.1, 0.15) is 12.0 Å². The molecule has 1 aromatic carbocycles. The summed E-state index contributed by atoms with van der Waals surface area (Å²) in [7, 11) is 1.96. The molecule has 4 heteroatoms. The molecule has 3 nitrogen and oxygen atoms in total. The Morgan fingerprint density at radius 2 is 2.06 bits per heavy atom. The molecule has 0 fully saturated rings. The highest BCUT2D eigenvalue weighted by atomic mass is 35.5. The summed E-state index contributed by atoms with van der Waals surface area (Å²) in [4.78, 5) is 4.40. The van der Waals surface area contributed by atoms with Crippen molar-refractivity contribution in [3.8, 4) is 0 Å². The van der Waals surface area contributed by atoms with Crippen molar-refractivity contribution >= 4 is 22.5 Å². The van der Waals surface area contributed by atoms with Gasteiger partial charge in [0.05, 0.1) is 5.52 Å². The van der Waals surface area contributed by atoms with E-state index in [0.29, 0.717) is 5.15 Å². The fourth-order valence-electron chi connectivity index (χ4n) is 1.87. The van der Waals surface area contributed by atoms with Crippen molar-refractivity contribution in [2.45, 2.75) is 13.0 Å². The number of benzene rings is 1. The van der Waals surface area contributed by atoms with Gasteiger partial charge in [0, 0.05) is 17.5 Å². The first-order valence-corrected chi connectivity index (χ1v) is 6.58. The van der Waals surface area contributed by atoms with Crippen molar-refractivity contribution in [3.63, 3.8) is 0 Å². The molecular formula is C14H18ClN3. The number of para-hydroxylation sites is 1. The summed E-state index contributed by atoms with van der Waals surface area (Å²) in [5.41, 5.74) is 2.00. The van der Waals surface area contributed by atoms with E-state index in [0.717, 1.165) is 42.5 Å². The molecule has 2 N–H and O–H groups in total. The maximum atomic E-state index is 6.18. The molecule has 2 rings (SSSR count). The molecule has 0 aliphatic carbocycles. The van der Waals surface area contributed by atoms with Gasteiger partial charge in [0.1, 0.15) is 5.15 Å². The van der Waals surface area contributed by atoms with Gasteiger partial charge in [-0.1, -0.05) is 29.8 Å². The minimum atomic E-state index is 0.592. The molecule has 0 saturated heterocycles. The molecule has 0 bridgehead atoms. The molecule has 1 heterocycles. The van der Waals surface area contributed by atoms with Crippen LogP contribution in [-0.4, -0.2) is 25.1 Å². The predicted molar refractivity (Wildman–Crippen MR) is 77.0 cm³/mol. The lowest BCUT2D eigenvalue weighted by Gasteiger charge is -2.07. The normalized spacial score (nSPS) is 11.0. The van der Waals surface area contributed by atoms with Gasteiger partial charge in [0.15, 0.2) is 0 Å². The SMILES string of the molecule is CNCCCNCc1cc2ccccc2nc1Cl. The Hall–Kier alpha value is -1.16. The van der Waals surface area contributed by atoms with E-state index in [1.807, 2.05) is 25.2 Å². The van der Waals surface area contributed by atoms with Crippen molar-refractivity contribution in [2.75, 3.05) is 20.1 Å².